The summed E-state index contributed by atoms with van der Waals surface area (Å²) in [5, 5.41) is 13.7. The molecule has 22 heavy (non-hydrogen) atoms. The number of benzene rings is 2. The van der Waals surface area contributed by atoms with E-state index in [1.165, 1.54) is 5.56 Å². The van der Waals surface area contributed by atoms with Crippen molar-refractivity contribution in [3.05, 3.63) is 51.5 Å². The minimum absolute atomic E-state index is 0.0685. The second kappa shape index (κ2) is 6.18. The van der Waals surface area contributed by atoms with Crippen molar-refractivity contribution < 1.29 is 14.6 Å². The summed E-state index contributed by atoms with van der Waals surface area (Å²) in [4.78, 5) is 0. The highest BCUT2D eigenvalue weighted by atomic mass is 79.9. The highest BCUT2D eigenvalue weighted by molar-refractivity contribution is 9.10. The highest BCUT2D eigenvalue weighted by Crippen LogP contribution is 2.40. The molecule has 0 spiro atoms. The van der Waals surface area contributed by atoms with Crippen molar-refractivity contribution in [2.45, 2.75) is 12.5 Å². The van der Waals surface area contributed by atoms with Crippen molar-refractivity contribution in [1.29, 1.82) is 0 Å². The number of fused-ring (bicyclic) bond motifs is 1. The summed E-state index contributed by atoms with van der Waals surface area (Å²) in [6.45, 7) is 0.846. The maximum atomic E-state index is 10.2. The van der Waals surface area contributed by atoms with Crippen molar-refractivity contribution in [2.75, 3.05) is 20.8 Å². The Morgan fingerprint density at radius 2 is 1.82 bits per heavy atom. The van der Waals surface area contributed by atoms with Gasteiger partial charge in [-0.3, -0.25) is 0 Å². The number of halogens is 1. The lowest BCUT2D eigenvalue weighted by molar-refractivity contribution is 0.352. The Morgan fingerprint density at radius 1 is 1.09 bits per heavy atom. The van der Waals surface area contributed by atoms with E-state index in [2.05, 4.69) is 21.2 Å². The Bertz CT molecular complexity index is 703. The van der Waals surface area contributed by atoms with Gasteiger partial charge in [0, 0.05) is 16.6 Å². The van der Waals surface area contributed by atoms with Crippen LogP contribution in [0, 0.1) is 0 Å². The normalized spacial score (nSPS) is 17.0. The lowest BCUT2D eigenvalue weighted by Crippen LogP contribution is -2.30. The minimum Gasteiger partial charge on any atom is -0.508 e. The van der Waals surface area contributed by atoms with Gasteiger partial charge in [-0.15, -0.1) is 0 Å². The van der Waals surface area contributed by atoms with E-state index < -0.39 is 0 Å². The van der Waals surface area contributed by atoms with Crippen LogP contribution in [0.5, 0.6) is 17.2 Å². The fourth-order valence-corrected chi connectivity index (χ4v) is 3.30. The monoisotopic (exact) mass is 363 g/mol. The molecular weight excluding hydrogens is 346 g/mol. The summed E-state index contributed by atoms with van der Waals surface area (Å²) >= 11 is 3.47. The summed E-state index contributed by atoms with van der Waals surface area (Å²) < 4.78 is 11.7. The minimum atomic E-state index is -0.0685. The third-order valence-corrected chi connectivity index (χ3v) is 4.49. The van der Waals surface area contributed by atoms with Crippen LogP contribution in [0.1, 0.15) is 22.7 Å². The van der Waals surface area contributed by atoms with E-state index in [0.29, 0.717) is 5.75 Å². The number of phenols is 1. The number of hydrogen-bond acceptors (Lipinski definition) is 4. The van der Waals surface area contributed by atoms with Crippen molar-refractivity contribution in [2.24, 2.45) is 0 Å². The van der Waals surface area contributed by atoms with Crippen LogP contribution in [-0.4, -0.2) is 25.9 Å². The maximum Gasteiger partial charge on any atom is 0.161 e. The Morgan fingerprint density at radius 3 is 2.55 bits per heavy atom. The molecule has 4 nitrogen and oxygen atoms in total. The van der Waals surface area contributed by atoms with E-state index in [1.807, 2.05) is 24.3 Å². The fraction of sp³-hybridized carbons (Fsp3) is 0.294. The van der Waals surface area contributed by atoms with Crippen LogP contribution in [0.3, 0.4) is 0 Å². The largest absolute Gasteiger partial charge is 0.508 e. The van der Waals surface area contributed by atoms with Gasteiger partial charge in [-0.1, -0.05) is 15.9 Å². The van der Waals surface area contributed by atoms with E-state index in [4.69, 9.17) is 9.47 Å². The van der Waals surface area contributed by atoms with Crippen molar-refractivity contribution in [3.63, 3.8) is 0 Å². The second-order valence-electron chi connectivity index (χ2n) is 5.25. The number of nitrogens with one attached hydrogen (secondary N) is 1. The van der Waals surface area contributed by atoms with Crippen LogP contribution >= 0.6 is 15.9 Å². The summed E-state index contributed by atoms with van der Waals surface area (Å²) in [5.41, 5.74) is 3.17. The van der Waals surface area contributed by atoms with Gasteiger partial charge < -0.3 is 19.9 Å². The van der Waals surface area contributed by atoms with Gasteiger partial charge in [-0.25, -0.2) is 0 Å². The molecule has 5 heteroatoms. The van der Waals surface area contributed by atoms with E-state index in [-0.39, 0.29) is 11.8 Å². The van der Waals surface area contributed by atoms with Crippen LogP contribution in [0.4, 0.5) is 0 Å². The smallest absolute Gasteiger partial charge is 0.161 e. The summed E-state index contributed by atoms with van der Waals surface area (Å²) in [6, 6.07) is 9.43. The Hall–Kier alpha value is -1.72. The predicted molar refractivity (Wildman–Crippen MR) is 88.9 cm³/mol. The highest BCUT2D eigenvalue weighted by Gasteiger charge is 2.25. The van der Waals surface area contributed by atoms with Crippen LogP contribution in [0.25, 0.3) is 0 Å². The first kappa shape index (κ1) is 15.2. The Balaban J connectivity index is 2.13. The SMILES string of the molecule is COc1cc2c(cc1OC)[C@H](c1cc(Br)ccc1O)NCC2. The first-order valence-corrected chi connectivity index (χ1v) is 7.90. The molecule has 0 amide bonds. The lowest BCUT2D eigenvalue weighted by atomic mass is 9.89. The van der Waals surface area contributed by atoms with Gasteiger partial charge >= 0.3 is 0 Å². The van der Waals surface area contributed by atoms with Crippen molar-refractivity contribution in [1.82, 2.24) is 5.32 Å². The average Bonchev–Trinajstić information content (AvgIpc) is 2.55. The van der Waals surface area contributed by atoms with Crippen LogP contribution in [-0.2, 0) is 6.42 Å². The van der Waals surface area contributed by atoms with E-state index >= 15 is 0 Å². The number of phenolic OH excluding ortho intramolecular Hbond substituents is 1. The zero-order chi connectivity index (χ0) is 15.7. The molecule has 1 aliphatic rings. The van der Waals surface area contributed by atoms with Crippen LogP contribution in [0.2, 0.25) is 0 Å². The van der Waals surface area contributed by atoms with Crippen molar-refractivity contribution >= 4 is 15.9 Å². The molecule has 1 heterocycles. The molecule has 1 atom stereocenters. The standard InChI is InChI=1S/C17H18BrNO3/c1-21-15-7-10-5-6-19-17(12(10)9-16(15)22-2)13-8-11(18)3-4-14(13)20/h3-4,7-9,17,19-20H,5-6H2,1-2H3/t17-/m1/s1. The topological polar surface area (TPSA) is 50.7 Å². The molecule has 0 bridgehead atoms. The first-order valence-electron chi connectivity index (χ1n) is 7.10. The van der Waals surface area contributed by atoms with Gasteiger partial charge in [-0.2, -0.15) is 0 Å². The average molecular weight is 364 g/mol. The van der Waals surface area contributed by atoms with Gasteiger partial charge in [0.2, 0.25) is 0 Å². The zero-order valence-corrected chi connectivity index (χ0v) is 14.1. The molecule has 1 aliphatic heterocycles. The molecule has 116 valence electrons. The van der Waals surface area contributed by atoms with Crippen LogP contribution in [0.15, 0.2) is 34.8 Å². The maximum absolute atomic E-state index is 10.2. The first-order chi connectivity index (χ1) is 10.6. The summed E-state index contributed by atoms with van der Waals surface area (Å²) in [5.74, 6) is 1.72. The molecule has 2 N–H and O–H groups in total. The van der Waals surface area contributed by atoms with E-state index in [0.717, 1.165) is 34.3 Å². The molecule has 0 saturated carbocycles. The predicted octanol–water partition coefficient (Wildman–Crippen LogP) is 3.41. The number of hydrogen-bond donors (Lipinski definition) is 2. The van der Waals surface area contributed by atoms with Crippen LogP contribution < -0.4 is 14.8 Å². The number of rotatable bonds is 3. The number of aromatic hydroxyl groups is 1. The summed E-state index contributed by atoms with van der Waals surface area (Å²) in [6.07, 6.45) is 0.918. The molecule has 0 unspecified atom stereocenters. The number of ether oxygens (including phenoxy) is 2. The third kappa shape index (κ3) is 2.66. The second-order valence-corrected chi connectivity index (χ2v) is 6.16. The quantitative estimate of drug-likeness (QED) is 0.877. The van der Waals surface area contributed by atoms with E-state index in [9.17, 15) is 5.11 Å². The van der Waals surface area contributed by atoms with Crippen molar-refractivity contribution in [3.8, 4) is 17.2 Å². The zero-order valence-electron chi connectivity index (χ0n) is 12.5. The number of methoxy groups -OCH3 is 2. The van der Waals surface area contributed by atoms with E-state index in [1.54, 1.807) is 20.3 Å². The third-order valence-electron chi connectivity index (χ3n) is 4.00. The molecule has 0 aromatic heterocycles. The molecule has 0 radical (unpaired) electrons. The molecule has 2 aromatic rings. The molecule has 3 rings (SSSR count). The van der Waals surface area contributed by atoms with Gasteiger partial charge in [0.25, 0.3) is 0 Å². The Kier molecular flexibility index (Phi) is 4.27. The summed E-state index contributed by atoms with van der Waals surface area (Å²) in [7, 11) is 3.27. The molecule has 2 aromatic carbocycles. The van der Waals surface area contributed by atoms with Gasteiger partial charge in [-0.05, 0) is 47.9 Å². The van der Waals surface area contributed by atoms with Gasteiger partial charge in [0.05, 0.1) is 20.3 Å². The lowest BCUT2D eigenvalue weighted by Gasteiger charge is -2.29. The Labute approximate surface area is 138 Å². The van der Waals surface area contributed by atoms with Gasteiger partial charge in [0.1, 0.15) is 5.75 Å². The molecule has 0 aliphatic carbocycles. The van der Waals surface area contributed by atoms with Gasteiger partial charge in [0.15, 0.2) is 11.5 Å². The fourth-order valence-electron chi connectivity index (χ4n) is 2.92. The molecular formula is C17H18BrNO3. The molecule has 0 fully saturated rings. The molecule has 0 saturated heterocycles.